The topological polar surface area (TPSA) is 131 Å². The number of hydrogen-bond donors (Lipinski definition) is 3. The van der Waals surface area contributed by atoms with Crippen LogP contribution in [-0.2, 0) is 19.1 Å². The number of nitrogens with zero attached hydrogens (tertiary/aromatic N) is 1. The number of nitrogens with one attached hydrogen (secondary N) is 2. The lowest BCUT2D eigenvalue weighted by Crippen LogP contribution is -2.53. The van der Waals surface area contributed by atoms with E-state index in [4.69, 9.17) is 10.5 Å². The van der Waals surface area contributed by atoms with Gasteiger partial charge in [0.2, 0.25) is 17.7 Å². The molecule has 224 valence electrons. The molecule has 0 heterocycles. The Kier molecular flexibility index (Phi) is 15.7. The molecule has 40 heavy (non-hydrogen) atoms. The minimum atomic E-state index is -1.11. The summed E-state index contributed by atoms with van der Waals surface area (Å²) < 4.78 is 5.39. The number of hydrogen-bond acceptors (Lipinski definition) is 5. The highest BCUT2D eigenvalue weighted by Crippen LogP contribution is 2.26. The van der Waals surface area contributed by atoms with Gasteiger partial charge in [0.15, 0.2) is 0 Å². The van der Waals surface area contributed by atoms with Crippen molar-refractivity contribution in [3.8, 4) is 0 Å². The molecule has 0 saturated heterocycles. The van der Waals surface area contributed by atoms with E-state index in [0.29, 0.717) is 25.1 Å². The van der Waals surface area contributed by atoms with Crippen LogP contribution in [0.3, 0.4) is 0 Å². The Morgan fingerprint density at radius 3 is 2.33 bits per heavy atom. The Morgan fingerprint density at radius 1 is 1.05 bits per heavy atom. The summed E-state index contributed by atoms with van der Waals surface area (Å²) in [5.74, 6) is -1.37. The van der Waals surface area contributed by atoms with Crippen LogP contribution in [0.5, 0.6) is 0 Å². The summed E-state index contributed by atoms with van der Waals surface area (Å²) in [5.41, 5.74) is 6.06. The van der Waals surface area contributed by atoms with Crippen LogP contribution in [-0.4, -0.2) is 53.4 Å². The van der Waals surface area contributed by atoms with Gasteiger partial charge in [0.05, 0.1) is 0 Å². The van der Waals surface area contributed by atoms with Gasteiger partial charge in [-0.05, 0) is 57.2 Å². The van der Waals surface area contributed by atoms with Crippen molar-refractivity contribution >= 4 is 29.9 Å². The van der Waals surface area contributed by atoms with Gasteiger partial charge in [-0.25, -0.2) is 4.79 Å². The Balaban J connectivity index is 3.50. The fraction of sp³-hybridized carbons (Fsp3) is 0.613. The van der Waals surface area contributed by atoms with Gasteiger partial charge in [-0.15, -0.1) is 0 Å². The summed E-state index contributed by atoms with van der Waals surface area (Å²) in [4.78, 5) is 53.8. The molecule has 2 atom stereocenters. The number of primary amides is 1. The maximum Gasteiger partial charge on any atom is 0.408 e. The fourth-order valence-corrected chi connectivity index (χ4v) is 4.28. The number of unbranched alkanes of at least 4 members (excludes halogenated alkanes) is 5. The lowest BCUT2D eigenvalue weighted by Gasteiger charge is -2.34. The highest BCUT2D eigenvalue weighted by molar-refractivity contribution is 5.92. The quantitative estimate of drug-likeness (QED) is 0.212. The first-order valence-corrected chi connectivity index (χ1v) is 14.5. The van der Waals surface area contributed by atoms with Crippen LogP contribution in [0.2, 0.25) is 0 Å². The van der Waals surface area contributed by atoms with Crippen LogP contribution >= 0.6 is 0 Å². The largest absolute Gasteiger partial charge is 0.444 e. The number of rotatable bonds is 18. The molecule has 9 nitrogen and oxygen atoms in total. The molecular weight excluding hydrogens is 508 g/mol. The third-order valence-electron chi connectivity index (χ3n) is 6.31. The van der Waals surface area contributed by atoms with Crippen molar-refractivity contribution in [2.45, 2.75) is 110 Å². The van der Waals surface area contributed by atoms with Crippen LogP contribution in [0.25, 0.3) is 6.08 Å². The smallest absolute Gasteiger partial charge is 0.408 e. The van der Waals surface area contributed by atoms with Gasteiger partial charge in [-0.3, -0.25) is 14.4 Å². The van der Waals surface area contributed by atoms with Gasteiger partial charge in [-0.1, -0.05) is 76.8 Å². The monoisotopic (exact) mass is 558 g/mol. The third kappa shape index (κ3) is 13.1. The molecule has 0 aliphatic carbocycles. The average molecular weight is 559 g/mol. The van der Waals surface area contributed by atoms with Crippen molar-refractivity contribution in [2.75, 3.05) is 13.1 Å². The van der Waals surface area contributed by atoms with Crippen LogP contribution in [0.1, 0.15) is 110 Å². The minimum Gasteiger partial charge on any atom is -0.444 e. The molecule has 4 amide bonds. The predicted octanol–water partition coefficient (Wildman–Crippen LogP) is 5.24. The van der Waals surface area contributed by atoms with Crippen molar-refractivity contribution in [1.29, 1.82) is 0 Å². The van der Waals surface area contributed by atoms with Gasteiger partial charge >= 0.3 is 6.09 Å². The van der Waals surface area contributed by atoms with Crippen LogP contribution in [0.4, 0.5) is 4.79 Å². The highest BCUT2D eigenvalue weighted by atomic mass is 16.6. The SMILES string of the molecule is C=Cc1cccc(C(C(=O)NCCCCC)N(CCCCCC)C(=O)C(CCC(N)=O)NC(=O)OC(C)(C)C)c1. The lowest BCUT2D eigenvalue weighted by atomic mass is 9.99. The zero-order valence-corrected chi connectivity index (χ0v) is 25.1. The molecule has 0 aliphatic heterocycles. The van der Waals surface area contributed by atoms with Crippen molar-refractivity contribution in [1.82, 2.24) is 15.5 Å². The van der Waals surface area contributed by atoms with Crippen LogP contribution in [0, 0.1) is 0 Å². The summed E-state index contributed by atoms with van der Waals surface area (Å²) in [6.45, 7) is 14.0. The van der Waals surface area contributed by atoms with E-state index < -0.39 is 35.6 Å². The van der Waals surface area contributed by atoms with E-state index in [1.165, 1.54) is 4.90 Å². The molecule has 0 radical (unpaired) electrons. The van der Waals surface area contributed by atoms with E-state index in [0.717, 1.165) is 44.1 Å². The van der Waals surface area contributed by atoms with E-state index in [1.54, 1.807) is 26.8 Å². The predicted molar refractivity (Wildman–Crippen MR) is 159 cm³/mol. The zero-order valence-electron chi connectivity index (χ0n) is 25.1. The molecule has 0 aliphatic rings. The number of carbonyl (C=O) groups is 4. The van der Waals surface area contributed by atoms with Gasteiger partial charge in [0, 0.05) is 19.5 Å². The summed E-state index contributed by atoms with van der Waals surface area (Å²) in [5, 5.41) is 5.64. The van der Waals surface area contributed by atoms with E-state index in [1.807, 2.05) is 24.3 Å². The van der Waals surface area contributed by atoms with Gasteiger partial charge in [0.1, 0.15) is 17.7 Å². The Hall–Kier alpha value is -3.36. The van der Waals surface area contributed by atoms with E-state index in [2.05, 4.69) is 31.1 Å². The maximum atomic E-state index is 14.2. The second-order valence-electron chi connectivity index (χ2n) is 11.1. The number of ether oxygens (including phenoxy) is 1. The molecule has 0 spiro atoms. The summed E-state index contributed by atoms with van der Waals surface area (Å²) in [7, 11) is 0. The number of carbonyl (C=O) groups excluding carboxylic acids is 4. The molecule has 0 bridgehead atoms. The van der Waals surface area contributed by atoms with Crippen molar-refractivity contribution in [3.05, 3.63) is 42.0 Å². The third-order valence-corrected chi connectivity index (χ3v) is 6.31. The first-order chi connectivity index (χ1) is 18.9. The molecule has 1 aromatic carbocycles. The second kappa shape index (κ2) is 18.1. The van der Waals surface area contributed by atoms with Crippen molar-refractivity contribution in [3.63, 3.8) is 0 Å². The molecule has 0 aromatic heterocycles. The standard InChI is InChI=1S/C31H50N4O5/c1-7-10-12-14-21-35(29(38)25(18-19-26(32)36)34-30(39)40-31(4,5)6)27(28(37)33-20-13-11-8-2)24-17-15-16-23(9-3)22-24/h9,15-17,22,25,27H,3,7-8,10-14,18-21H2,1-2,4-6H3,(H2,32,36)(H,33,37)(H,34,39). The maximum absolute atomic E-state index is 14.2. The first-order valence-electron chi connectivity index (χ1n) is 14.5. The fourth-order valence-electron chi connectivity index (χ4n) is 4.28. The minimum absolute atomic E-state index is 0.0175. The second-order valence-corrected chi connectivity index (χ2v) is 11.1. The van der Waals surface area contributed by atoms with Gasteiger partial charge < -0.3 is 26.0 Å². The van der Waals surface area contributed by atoms with E-state index >= 15 is 0 Å². The molecule has 0 saturated carbocycles. The normalized spacial score (nSPS) is 12.6. The Morgan fingerprint density at radius 2 is 1.73 bits per heavy atom. The van der Waals surface area contributed by atoms with Gasteiger partial charge in [0.25, 0.3) is 0 Å². The van der Waals surface area contributed by atoms with Crippen LogP contribution < -0.4 is 16.4 Å². The summed E-state index contributed by atoms with van der Waals surface area (Å²) >= 11 is 0. The molecule has 1 rings (SSSR count). The Labute approximate surface area is 240 Å². The molecule has 9 heteroatoms. The molecule has 1 aromatic rings. The molecular formula is C31H50N4O5. The first kappa shape index (κ1) is 34.7. The molecule has 4 N–H and O–H groups in total. The van der Waals surface area contributed by atoms with E-state index in [9.17, 15) is 19.2 Å². The number of nitrogens with two attached hydrogens (primary N) is 1. The number of alkyl carbamates (subject to hydrolysis) is 1. The lowest BCUT2D eigenvalue weighted by molar-refractivity contribution is -0.142. The van der Waals surface area contributed by atoms with Crippen molar-refractivity contribution in [2.24, 2.45) is 5.73 Å². The molecule has 0 fully saturated rings. The Bertz CT molecular complexity index is 973. The summed E-state index contributed by atoms with van der Waals surface area (Å²) in [6.07, 6.45) is 7.15. The highest BCUT2D eigenvalue weighted by Gasteiger charge is 2.36. The van der Waals surface area contributed by atoms with E-state index in [-0.39, 0.29) is 18.7 Å². The number of benzene rings is 1. The summed E-state index contributed by atoms with van der Waals surface area (Å²) in [6, 6.07) is 5.32. The zero-order chi connectivity index (χ0) is 30.1. The van der Waals surface area contributed by atoms with Gasteiger partial charge in [-0.2, -0.15) is 0 Å². The van der Waals surface area contributed by atoms with Crippen LogP contribution in [0.15, 0.2) is 30.8 Å². The number of amides is 4. The molecule has 2 unspecified atom stereocenters. The average Bonchev–Trinajstić information content (AvgIpc) is 2.89. The van der Waals surface area contributed by atoms with Crippen molar-refractivity contribution < 1.29 is 23.9 Å².